The van der Waals surface area contributed by atoms with Crippen LogP contribution >= 0.6 is 11.8 Å². The summed E-state index contributed by atoms with van der Waals surface area (Å²) < 4.78 is 0. The van der Waals surface area contributed by atoms with E-state index in [1.807, 2.05) is 12.3 Å². The van der Waals surface area contributed by atoms with Crippen LogP contribution in [0.1, 0.15) is 24.3 Å². The fraction of sp³-hybridized carbons (Fsp3) is 0.429. The molecular weight excluding hydrogens is 262 g/mol. The van der Waals surface area contributed by atoms with Gasteiger partial charge in [-0.1, -0.05) is 30.3 Å². The Hall–Kier alpha value is -1.49. The number of thioether (sulfide) groups is 1. The maximum Gasteiger partial charge on any atom is 0.312 e. The molecule has 0 fully saturated rings. The third kappa shape index (κ3) is 5.79. The first-order valence-electron chi connectivity index (χ1n) is 6.18. The normalized spacial score (nSPS) is 11.8. The number of nitrogens with one attached hydrogen (secondary N) is 1. The van der Waals surface area contributed by atoms with E-state index < -0.39 is 11.9 Å². The number of amides is 1. The van der Waals surface area contributed by atoms with Crippen LogP contribution in [0.25, 0.3) is 0 Å². The Balaban J connectivity index is 2.47. The van der Waals surface area contributed by atoms with Gasteiger partial charge in [0.25, 0.3) is 0 Å². The van der Waals surface area contributed by atoms with Crippen LogP contribution in [0.5, 0.6) is 0 Å². The number of rotatable bonds is 8. The maximum absolute atomic E-state index is 11.6. The standard InChI is InChI=1S/C14H19NO3S/c1-19-9-5-8-13(16)15-10-12(14(17)18)11-6-3-2-4-7-11/h2-4,6-7,12H,5,8-10H2,1H3,(H,15,16)(H,17,18). The molecular formula is C14H19NO3S. The zero-order valence-electron chi connectivity index (χ0n) is 11.0. The molecule has 0 heterocycles. The Morgan fingerprint density at radius 2 is 2.00 bits per heavy atom. The van der Waals surface area contributed by atoms with Crippen molar-refractivity contribution in [2.24, 2.45) is 0 Å². The third-order valence-electron chi connectivity index (χ3n) is 2.76. The van der Waals surface area contributed by atoms with Crippen molar-refractivity contribution in [3.63, 3.8) is 0 Å². The highest BCUT2D eigenvalue weighted by atomic mass is 32.2. The summed E-state index contributed by atoms with van der Waals surface area (Å²) in [6.45, 7) is 0.136. The predicted molar refractivity (Wildman–Crippen MR) is 77.4 cm³/mol. The molecule has 1 atom stereocenters. The summed E-state index contributed by atoms with van der Waals surface area (Å²) in [7, 11) is 0. The van der Waals surface area contributed by atoms with Crippen molar-refractivity contribution in [1.82, 2.24) is 5.32 Å². The van der Waals surface area contributed by atoms with Gasteiger partial charge in [-0.3, -0.25) is 9.59 Å². The molecule has 1 rings (SSSR count). The minimum Gasteiger partial charge on any atom is -0.481 e. The highest BCUT2D eigenvalue weighted by Gasteiger charge is 2.20. The van der Waals surface area contributed by atoms with Gasteiger partial charge in [-0.2, -0.15) is 11.8 Å². The average molecular weight is 281 g/mol. The number of carboxylic acids is 1. The largest absolute Gasteiger partial charge is 0.481 e. The molecule has 104 valence electrons. The minimum absolute atomic E-state index is 0.0868. The molecule has 4 nitrogen and oxygen atoms in total. The van der Waals surface area contributed by atoms with Gasteiger partial charge in [0.05, 0.1) is 5.92 Å². The number of carbonyl (C=O) groups excluding carboxylic acids is 1. The monoisotopic (exact) mass is 281 g/mol. The van der Waals surface area contributed by atoms with Crippen molar-refractivity contribution in [3.8, 4) is 0 Å². The van der Waals surface area contributed by atoms with Gasteiger partial charge in [0.1, 0.15) is 0 Å². The Morgan fingerprint density at radius 3 is 2.58 bits per heavy atom. The lowest BCUT2D eigenvalue weighted by molar-refractivity contribution is -0.138. The predicted octanol–water partition coefficient (Wildman–Crippen LogP) is 2.11. The molecule has 0 radical (unpaired) electrons. The summed E-state index contributed by atoms with van der Waals surface area (Å²) in [5.74, 6) is -0.758. The van der Waals surface area contributed by atoms with E-state index >= 15 is 0 Å². The molecule has 1 aromatic carbocycles. The molecule has 1 aromatic rings. The Kier molecular flexibility index (Phi) is 7.03. The van der Waals surface area contributed by atoms with Gasteiger partial charge < -0.3 is 10.4 Å². The molecule has 0 spiro atoms. The first-order chi connectivity index (χ1) is 9.15. The van der Waals surface area contributed by atoms with Crippen LogP contribution in [0.3, 0.4) is 0 Å². The highest BCUT2D eigenvalue weighted by molar-refractivity contribution is 7.98. The summed E-state index contributed by atoms with van der Waals surface area (Å²) >= 11 is 1.70. The topological polar surface area (TPSA) is 66.4 Å². The van der Waals surface area contributed by atoms with E-state index in [0.29, 0.717) is 12.0 Å². The van der Waals surface area contributed by atoms with Gasteiger partial charge in [-0.05, 0) is 24.0 Å². The number of hydrogen-bond donors (Lipinski definition) is 2. The molecule has 1 unspecified atom stereocenters. The molecule has 5 heteroatoms. The van der Waals surface area contributed by atoms with Crippen LogP contribution in [-0.2, 0) is 9.59 Å². The zero-order chi connectivity index (χ0) is 14.1. The summed E-state index contributed by atoms with van der Waals surface area (Å²) in [4.78, 5) is 22.8. The van der Waals surface area contributed by atoms with Gasteiger partial charge in [0.2, 0.25) is 5.91 Å². The van der Waals surface area contributed by atoms with Crippen molar-refractivity contribution < 1.29 is 14.7 Å². The van der Waals surface area contributed by atoms with Crippen molar-refractivity contribution >= 4 is 23.6 Å². The van der Waals surface area contributed by atoms with Gasteiger partial charge in [0, 0.05) is 13.0 Å². The minimum atomic E-state index is -0.921. The number of aliphatic carboxylic acids is 1. The van der Waals surface area contributed by atoms with Gasteiger partial charge >= 0.3 is 5.97 Å². The second kappa shape index (κ2) is 8.58. The first kappa shape index (κ1) is 15.6. The molecule has 1 amide bonds. The van der Waals surface area contributed by atoms with Crippen molar-refractivity contribution in [1.29, 1.82) is 0 Å². The van der Waals surface area contributed by atoms with E-state index in [9.17, 15) is 14.7 Å². The summed E-state index contributed by atoms with van der Waals surface area (Å²) in [6.07, 6.45) is 3.26. The lowest BCUT2D eigenvalue weighted by atomic mass is 9.99. The molecule has 0 saturated heterocycles. The first-order valence-corrected chi connectivity index (χ1v) is 7.58. The molecule has 0 bridgehead atoms. The van der Waals surface area contributed by atoms with Crippen LogP contribution in [0.2, 0.25) is 0 Å². The van der Waals surface area contributed by atoms with Crippen LogP contribution in [0.4, 0.5) is 0 Å². The van der Waals surface area contributed by atoms with E-state index in [4.69, 9.17) is 0 Å². The molecule has 0 aliphatic heterocycles. The van der Waals surface area contributed by atoms with Crippen LogP contribution in [-0.4, -0.2) is 35.5 Å². The molecule has 0 aliphatic rings. The van der Waals surface area contributed by atoms with Crippen molar-refractivity contribution in [2.75, 3.05) is 18.6 Å². The van der Waals surface area contributed by atoms with Crippen molar-refractivity contribution in [3.05, 3.63) is 35.9 Å². The van der Waals surface area contributed by atoms with E-state index in [2.05, 4.69) is 5.32 Å². The van der Waals surface area contributed by atoms with Gasteiger partial charge in [0.15, 0.2) is 0 Å². The number of benzene rings is 1. The van der Waals surface area contributed by atoms with E-state index in [1.54, 1.807) is 36.0 Å². The number of hydrogen-bond acceptors (Lipinski definition) is 3. The average Bonchev–Trinajstić information content (AvgIpc) is 2.40. The Morgan fingerprint density at radius 1 is 1.32 bits per heavy atom. The summed E-state index contributed by atoms with van der Waals surface area (Å²) in [5.41, 5.74) is 0.708. The number of carbonyl (C=O) groups is 2. The summed E-state index contributed by atoms with van der Waals surface area (Å²) in [5, 5.41) is 11.9. The van der Waals surface area contributed by atoms with Gasteiger partial charge in [-0.25, -0.2) is 0 Å². The van der Waals surface area contributed by atoms with Gasteiger partial charge in [-0.15, -0.1) is 0 Å². The van der Waals surface area contributed by atoms with E-state index in [-0.39, 0.29) is 12.5 Å². The van der Waals surface area contributed by atoms with Crippen LogP contribution in [0.15, 0.2) is 30.3 Å². The quantitative estimate of drug-likeness (QED) is 0.716. The number of carboxylic acid groups (broad SMARTS) is 1. The molecule has 0 aliphatic carbocycles. The Bertz CT molecular complexity index is 408. The maximum atomic E-state index is 11.6. The fourth-order valence-electron chi connectivity index (χ4n) is 1.71. The molecule has 0 aromatic heterocycles. The Labute approximate surface area is 117 Å². The summed E-state index contributed by atoms with van der Waals surface area (Å²) in [6, 6.07) is 8.96. The second-order valence-corrected chi connectivity index (χ2v) is 5.19. The SMILES string of the molecule is CSCCCC(=O)NCC(C(=O)O)c1ccccc1. The molecule has 19 heavy (non-hydrogen) atoms. The third-order valence-corrected chi connectivity index (χ3v) is 3.45. The fourth-order valence-corrected chi connectivity index (χ4v) is 2.15. The zero-order valence-corrected chi connectivity index (χ0v) is 11.8. The van der Waals surface area contributed by atoms with Crippen LogP contribution < -0.4 is 5.32 Å². The van der Waals surface area contributed by atoms with Crippen molar-refractivity contribution in [2.45, 2.75) is 18.8 Å². The second-order valence-electron chi connectivity index (χ2n) is 4.20. The lowest BCUT2D eigenvalue weighted by Gasteiger charge is -2.13. The highest BCUT2D eigenvalue weighted by Crippen LogP contribution is 2.14. The van der Waals surface area contributed by atoms with E-state index in [0.717, 1.165) is 12.2 Å². The molecule has 2 N–H and O–H groups in total. The van der Waals surface area contributed by atoms with Crippen LogP contribution in [0, 0.1) is 0 Å². The van der Waals surface area contributed by atoms with E-state index in [1.165, 1.54) is 0 Å². The molecule has 0 saturated carbocycles. The smallest absolute Gasteiger partial charge is 0.312 e. The lowest BCUT2D eigenvalue weighted by Crippen LogP contribution is -2.31.